The van der Waals surface area contributed by atoms with Crippen LogP contribution in [0.25, 0.3) is 0 Å². The van der Waals surface area contributed by atoms with E-state index < -0.39 is 5.92 Å². The van der Waals surface area contributed by atoms with Crippen molar-refractivity contribution in [3.05, 3.63) is 0 Å². The summed E-state index contributed by atoms with van der Waals surface area (Å²) in [4.78, 5) is 22.8. The Bertz CT molecular complexity index is 253. The highest BCUT2D eigenvalue weighted by atomic mass is 16.5. The SMILES string of the molecule is CCOC(=O)C1CC2(CC2)CC1=O. The van der Waals surface area contributed by atoms with Crippen LogP contribution in [0.5, 0.6) is 0 Å². The summed E-state index contributed by atoms with van der Waals surface area (Å²) in [5.41, 5.74) is 0.217. The molecule has 72 valence electrons. The van der Waals surface area contributed by atoms with Crippen LogP contribution in [0.2, 0.25) is 0 Å². The summed E-state index contributed by atoms with van der Waals surface area (Å²) in [6, 6.07) is 0. The van der Waals surface area contributed by atoms with Crippen LogP contribution in [0.4, 0.5) is 0 Å². The van der Waals surface area contributed by atoms with Crippen molar-refractivity contribution >= 4 is 11.8 Å². The average molecular weight is 182 g/mol. The smallest absolute Gasteiger partial charge is 0.316 e. The lowest BCUT2D eigenvalue weighted by atomic mass is 10.0. The maximum atomic E-state index is 11.4. The van der Waals surface area contributed by atoms with E-state index in [1.165, 1.54) is 0 Å². The molecule has 0 aromatic rings. The zero-order valence-electron chi connectivity index (χ0n) is 7.84. The fourth-order valence-corrected chi connectivity index (χ4v) is 2.13. The predicted molar refractivity (Wildman–Crippen MR) is 46.0 cm³/mol. The minimum absolute atomic E-state index is 0.0935. The van der Waals surface area contributed by atoms with Gasteiger partial charge >= 0.3 is 5.97 Å². The first-order valence-corrected chi connectivity index (χ1v) is 4.86. The second-order valence-corrected chi connectivity index (χ2v) is 4.15. The summed E-state index contributed by atoms with van der Waals surface area (Å²) in [6.45, 7) is 2.14. The Morgan fingerprint density at radius 2 is 2.31 bits per heavy atom. The molecule has 0 amide bonds. The molecule has 0 aromatic heterocycles. The first kappa shape index (κ1) is 8.73. The van der Waals surface area contributed by atoms with Crippen LogP contribution in [0.1, 0.15) is 32.6 Å². The van der Waals surface area contributed by atoms with Crippen molar-refractivity contribution in [2.24, 2.45) is 11.3 Å². The molecule has 0 heterocycles. The van der Waals surface area contributed by atoms with Crippen LogP contribution >= 0.6 is 0 Å². The Hall–Kier alpha value is -0.860. The molecule has 13 heavy (non-hydrogen) atoms. The van der Waals surface area contributed by atoms with Crippen LogP contribution in [0.3, 0.4) is 0 Å². The molecule has 2 rings (SSSR count). The lowest BCUT2D eigenvalue weighted by Gasteiger charge is -2.07. The summed E-state index contributed by atoms with van der Waals surface area (Å²) < 4.78 is 4.86. The molecule has 0 N–H and O–H groups in total. The first-order chi connectivity index (χ1) is 6.17. The van der Waals surface area contributed by atoms with Gasteiger partial charge in [0.1, 0.15) is 11.7 Å². The molecule has 1 spiro atoms. The summed E-state index contributed by atoms with van der Waals surface area (Å²) in [5.74, 6) is -0.658. The molecule has 1 unspecified atom stereocenters. The third-order valence-corrected chi connectivity index (χ3v) is 3.10. The highest BCUT2D eigenvalue weighted by molar-refractivity contribution is 6.01. The Morgan fingerprint density at radius 3 is 2.77 bits per heavy atom. The number of carbonyl (C=O) groups excluding carboxylic acids is 2. The van der Waals surface area contributed by atoms with Crippen molar-refractivity contribution in [2.75, 3.05) is 6.61 Å². The minimum Gasteiger partial charge on any atom is -0.465 e. The normalized spacial score (nSPS) is 29.3. The fraction of sp³-hybridized carbons (Fsp3) is 0.800. The van der Waals surface area contributed by atoms with E-state index in [0.29, 0.717) is 13.0 Å². The van der Waals surface area contributed by atoms with E-state index in [2.05, 4.69) is 0 Å². The van der Waals surface area contributed by atoms with Crippen LogP contribution in [0.15, 0.2) is 0 Å². The number of Topliss-reactive ketones (excluding diaryl/α,β-unsaturated/α-hetero) is 1. The second kappa shape index (κ2) is 2.82. The largest absolute Gasteiger partial charge is 0.465 e. The lowest BCUT2D eigenvalue weighted by Crippen LogP contribution is -2.21. The van der Waals surface area contributed by atoms with Crippen molar-refractivity contribution in [3.8, 4) is 0 Å². The van der Waals surface area contributed by atoms with Gasteiger partial charge in [-0.2, -0.15) is 0 Å². The third kappa shape index (κ3) is 1.47. The average Bonchev–Trinajstić information content (AvgIpc) is 2.72. The molecule has 2 saturated carbocycles. The fourth-order valence-electron chi connectivity index (χ4n) is 2.13. The van der Waals surface area contributed by atoms with E-state index >= 15 is 0 Å². The van der Waals surface area contributed by atoms with Crippen LogP contribution < -0.4 is 0 Å². The van der Waals surface area contributed by atoms with E-state index in [1.54, 1.807) is 6.92 Å². The molecule has 3 heteroatoms. The monoisotopic (exact) mass is 182 g/mol. The summed E-state index contributed by atoms with van der Waals surface area (Å²) in [7, 11) is 0. The topological polar surface area (TPSA) is 43.4 Å². The van der Waals surface area contributed by atoms with Gasteiger partial charge in [0.2, 0.25) is 0 Å². The zero-order chi connectivity index (χ0) is 9.47. The number of carbonyl (C=O) groups is 2. The van der Waals surface area contributed by atoms with Gasteiger partial charge in [-0.1, -0.05) is 0 Å². The van der Waals surface area contributed by atoms with Gasteiger partial charge in [0.15, 0.2) is 0 Å². The molecule has 1 atom stereocenters. The standard InChI is InChI=1S/C10H14O3/c1-2-13-9(12)7-5-10(3-4-10)6-8(7)11/h7H,2-6H2,1H3. The van der Waals surface area contributed by atoms with Gasteiger partial charge < -0.3 is 4.74 Å². The van der Waals surface area contributed by atoms with Crippen LogP contribution in [0, 0.1) is 11.3 Å². The number of ketones is 1. The van der Waals surface area contributed by atoms with Gasteiger partial charge in [-0.25, -0.2) is 0 Å². The maximum absolute atomic E-state index is 11.4. The van der Waals surface area contributed by atoms with Crippen LogP contribution in [-0.2, 0) is 14.3 Å². The van der Waals surface area contributed by atoms with E-state index in [-0.39, 0.29) is 17.2 Å². The predicted octanol–water partition coefficient (Wildman–Crippen LogP) is 1.31. The van der Waals surface area contributed by atoms with Gasteiger partial charge in [-0.05, 0) is 31.6 Å². The lowest BCUT2D eigenvalue weighted by molar-refractivity contribution is -0.150. The number of hydrogen-bond donors (Lipinski definition) is 0. The maximum Gasteiger partial charge on any atom is 0.316 e. The van der Waals surface area contributed by atoms with Gasteiger partial charge in [0.05, 0.1) is 6.61 Å². The Labute approximate surface area is 77.4 Å². The quantitative estimate of drug-likeness (QED) is 0.477. The molecule has 0 aromatic carbocycles. The molecule has 0 bridgehead atoms. The molecule has 0 aliphatic heterocycles. The Morgan fingerprint density at radius 1 is 1.62 bits per heavy atom. The van der Waals surface area contributed by atoms with Crippen molar-refractivity contribution in [1.82, 2.24) is 0 Å². The zero-order valence-corrected chi connectivity index (χ0v) is 7.84. The number of rotatable bonds is 2. The molecular formula is C10H14O3. The molecule has 2 fully saturated rings. The molecule has 0 saturated heterocycles. The van der Waals surface area contributed by atoms with Crippen molar-refractivity contribution < 1.29 is 14.3 Å². The second-order valence-electron chi connectivity index (χ2n) is 4.15. The summed E-state index contributed by atoms with van der Waals surface area (Å²) >= 11 is 0. The molecule has 0 radical (unpaired) electrons. The highest BCUT2D eigenvalue weighted by Gasteiger charge is 2.54. The number of esters is 1. The van der Waals surface area contributed by atoms with Gasteiger partial charge in [-0.3, -0.25) is 9.59 Å². The first-order valence-electron chi connectivity index (χ1n) is 4.86. The molecule has 3 nitrogen and oxygen atoms in total. The van der Waals surface area contributed by atoms with E-state index in [1.807, 2.05) is 0 Å². The van der Waals surface area contributed by atoms with Gasteiger partial charge in [0.25, 0.3) is 0 Å². The highest BCUT2D eigenvalue weighted by Crippen LogP contribution is 2.58. The van der Waals surface area contributed by atoms with Crippen molar-refractivity contribution in [2.45, 2.75) is 32.6 Å². The molecule has 2 aliphatic carbocycles. The van der Waals surface area contributed by atoms with E-state index in [4.69, 9.17) is 4.74 Å². The Balaban J connectivity index is 2.00. The number of ether oxygens (including phenoxy) is 1. The molecule has 2 aliphatic rings. The van der Waals surface area contributed by atoms with Gasteiger partial charge in [-0.15, -0.1) is 0 Å². The summed E-state index contributed by atoms with van der Waals surface area (Å²) in [6.07, 6.45) is 3.59. The van der Waals surface area contributed by atoms with Crippen LogP contribution in [-0.4, -0.2) is 18.4 Å². The van der Waals surface area contributed by atoms with E-state index in [9.17, 15) is 9.59 Å². The van der Waals surface area contributed by atoms with E-state index in [0.717, 1.165) is 19.3 Å². The third-order valence-electron chi connectivity index (χ3n) is 3.10. The minimum atomic E-state index is -0.442. The van der Waals surface area contributed by atoms with Crippen molar-refractivity contribution in [1.29, 1.82) is 0 Å². The molecular weight excluding hydrogens is 168 g/mol. The van der Waals surface area contributed by atoms with Gasteiger partial charge in [0, 0.05) is 6.42 Å². The number of hydrogen-bond acceptors (Lipinski definition) is 3. The van der Waals surface area contributed by atoms with Crippen molar-refractivity contribution in [3.63, 3.8) is 0 Å². The Kier molecular flexibility index (Phi) is 1.90. The summed E-state index contributed by atoms with van der Waals surface area (Å²) in [5, 5.41) is 0.